The van der Waals surface area contributed by atoms with Crippen LogP contribution in [0.15, 0.2) is 12.5 Å². The molecule has 0 saturated heterocycles. The van der Waals surface area contributed by atoms with E-state index in [4.69, 9.17) is 5.11 Å². The summed E-state index contributed by atoms with van der Waals surface area (Å²) >= 11 is 0. The number of imidazole rings is 1. The molecule has 2 rings (SSSR count). The van der Waals surface area contributed by atoms with Gasteiger partial charge in [-0.1, -0.05) is 0 Å². The Balaban J connectivity index is 2.17. The van der Waals surface area contributed by atoms with E-state index in [-0.39, 0.29) is 5.69 Å². The largest absolute Gasteiger partial charge is 0.476 e. The first-order valence-corrected chi connectivity index (χ1v) is 4.04. The lowest BCUT2D eigenvalue weighted by molar-refractivity contribution is 0.0691. The van der Waals surface area contributed by atoms with Crippen LogP contribution in [0.4, 0.5) is 0 Å². The lowest BCUT2D eigenvalue weighted by atomic mass is 9.93. The molecule has 0 aromatic carbocycles. The number of carboxylic acid groups (broad SMARTS) is 1. The zero-order valence-electron chi connectivity index (χ0n) is 6.60. The molecule has 0 spiro atoms. The zero-order chi connectivity index (χ0) is 8.55. The normalized spacial score (nSPS) is 17.3. The highest BCUT2D eigenvalue weighted by Crippen LogP contribution is 2.31. The van der Waals surface area contributed by atoms with Gasteiger partial charge < -0.3 is 9.67 Å². The Kier molecular flexibility index (Phi) is 1.60. The van der Waals surface area contributed by atoms with Crippen LogP contribution >= 0.6 is 0 Å². The Morgan fingerprint density at radius 3 is 2.83 bits per heavy atom. The molecule has 0 bridgehead atoms. The Morgan fingerprint density at radius 1 is 1.67 bits per heavy atom. The maximum Gasteiger partial charge on any atom is 0.356 e. The molecule has 64 valence electrons. The monoisotopic (exact) mass is 166 g/mol. The van der Waals surface area contributed by atoms with E-state index >= 15 is 0 Å². The summed E-state index contributed by atoms with van der Waals surface area (Å²) in [7, 11) is 0. The first kappa shape index (κ1) is 7.34. The molecule has 0 aliphatic heterocycles. The second kappa shape index (κ2) is 2.62. The van der Waals surface area contributed by atoms with Gasteiger partial charge in [-0.05, 0) is 19.3 Å². The van der Waals surface area contributed by atoms with E-state index in [9.17, 15) is 4.79 Å². The minimum Gasteiger partial charge on any atom is -0.476 e. The van der Waals surface area contributed by atoms with Crippen LogP contribution in [0, 0.1) is 0 Å². The van der Waals surface area contributed by atoms with Gasteiger partial charge in [-0.15, -0.1) is 0 Å². The van der Waals surface area contributed by atoms with Crippen molar-refractivity contribution in [1.82, 2.24) is 9.55 Å². The van der Waals surface area contributed by atoms with E-state index in [1.165, 1.54) is 6.42 Å². The van der Waals surface area contributed by atoms with Crippen LogP contribution in [0.2, 0.25) is 0 Å². The van der Waals surface area contributed by atoms with Crippen LogP contribution in [0.5, 0.6) is 0 Å². The van der Waals surface area contributed by atoms with Crippen LogP contribution < -0.4 is 0 Å². The second-order valence-corrected chi connectivity index (χ2v) is 3.10. The van der Waals surface area contributed by atoms with Gasteiger partial charge in [0.15, 0.2) is 5.69 Å². The quantitative estimate of drug-likeness (QED) is 0.720. The summed E-state index contributed by atoms with van der Waals surface area (Å²) in [5.41, 5.74) is 0.141. The minimum absolute atomic E-state index is 0.141. The smallest absolute Gasteiger partial charge is 0.356 e. The van der Waals surface area contributed by atoms with Crippen molar-refractivity contribution in [2.45, 2.75) is 25.3 Å². The Hall–Kier alpha value is -1.32. The molecular formula is C8H10N2O2. The van der Waals surface area contributed by atoms with Gasteiger partial charge in [-0.2, -0.15) is 0 Å². The Morgan fingerprint density at radius 2 is 2.42 bits per heavy atom. The molecule has 4 nitrogen and oxygen atoms in total. The summed E-state index contributed by atoms with van der Waals surface area (Å²) in [4.78, 5) is 14.2. The molecule has 0 radical (unpaired) electrons. The summed E-state index contributed by atoms with van der Waals surface area (Å²) in [6.07, 6.45) is 6.75. The third-order valence-corrected chi connectivity index (χ3v) is 2.32. The highest BCUT2D eigenvalue weighted by atomic mass is 16.4. The highest BCUT2D eigenvalue weighted by molar-refractivity contribution is 5.84. The standard InChI is InChI=1S/C8H10N2O2/c11-8(12)7-4-10(5-9-7)6-2-1-3-6/h4-6H,1-3H2,(H,11,12). The number of aromatic nitrogens is 2. The van der Waals surface area contributed by atoms with E-state index in [1.54, 1.807) is 12.5 Å². The van der Waals surface area contributed by atoms with Crippen molar-refractivity contribution >= 4 is 5.97 Å². The van der Waals surface area contributed by atoms with E-state index in [1.807, 2.05) is 4.57 Å². The highest BCUT2D eigenvalue weighted by Gasteiger charge is 2.20. The topological polar surface area (TPSA) is 55.1 Å². The molecular weight excluding hydrogens is 156 g/mol. The van der Waals surface area contributed by atoms with Gasteiger partial charge >= 0.3 is 5.97 Å². The van der Waals surface area contributed by atoms with Crippen molar-refractivity contribution in [2.75, 3.05) is 0 Å². The van der Waals surface area contributed by atoms with Crippen molar-refractivity contribution in [3.05, 3.63) is 18.2 Å². The summed E-state index contributed by atoms with van der Waals surface area (Å²) in [5.74, 6) is -0.951. The molecule has 1 aromatic rings. The van der Waals surface area contributed by atoms with E-state index in [0.29, 0.717) is 6.04 Å². The first-order valence-electron chi connectivity index (χ1n) is 4.04. The van der Waals surface area contributed by atoms with E-state index in [2.05, 4.69) is 4.98 Å². The van der Waals surface area contributed by atoms with E-state index < -0.39 is 5.97 Å². The second-order valence-electron chi connectivity index (χ2n) is 3.10. The van der Waals surface area contributed by atoms with Crippen molar-refractivity contribution in [1.29, 1.82) is 0 Å². The predicted octanol–water partition coefficient (Wildman–Crippen LogP) is 1.31. The van der Waals surface area contributed by atoms with Gasteiger partial charge in [-0.3, -0.25) is 0 Å². The zero-order valence-corrected chi connectivity index (χ0v) is 6.60. The molecule has 1 aliphatic carbocycles. The van der Waals surface area contributed by atoms with Crippen LogP contribution in [0.3, 0.4) is 0 Å². The average Bonchev–Trinajstić information content (AvgIpc) is 2.32. The molecule has 1 aromatic heterocycles. The number of nitrogens with zero attached hydrogens (tertiary/aromatic N) is 2. The summed E-state index contributed by atoms with van der Waals surface area (Å²) < 4.78 is 1.90. The molecule has 1 saturated carbocycles. The molecule has 1 aliphatic rings. The fourth-order valence-electron chi connectivity index (χ4n) is 1.33. The fourth-order valence-corrected chi connectivity index (χ4v) is 1.33. The summed E-state index contributed by atoms with van der Waals surface area (Å²) in [6.45, 7) is 0. The van der Waals surface area contributed by atoms with Crippen LogP contribution in [0.1, 0.15) is 35.8 Å². The van der Waals surface area contributed by atoms with Crippen molar-refractivity contribution in [3.63, 3.8) is 0 Å². The Bertz CT molecular complexity index is 302. The fraction of sp³-hybridized carbons (Fsp3) is 0.500. The van der Waals surface area contributed by atoms with Gasteiger partial charge in [0.25, 0.3) is 0 Å². The molecule has 1 heterocycles. The lowest BCUT2D eigenvalue weighted by Crippen LogP contribution is -2.15. The van der Waals surface area contributed by atoms with Crippen LogP contribution in [0.25, 0.3) is 0 Å². The number of aromatic carboxylic acids is 1. The Labute approximate surface area is 69.8 Å². The maximum atomic E-state index is 10.5. The molecule has 0 atom stereocenters. The van der Waals surface area contributed by atoms with Crippen molar-refractivity contribution < 1.29 is 9.90 Å². The minimum atomic E-state index is -0.951. The van der Waals surface area contributed by atoms with Gasteiger partial charge in [0.2, 0.25) is 0 Å². The number of hydrogen-bond donors (Lipinski definition) is 1. The van der Waals surface area contributed by atoms with Gasteiger partial charge in [0.05, 0.1) is 6.33 Å². The number of rotatable bonds is 2. The molecule has 12 heavy (non-hydrogen) atoms. The van der Waals surface area contributed by atoms with Crippen molar-refractivity contribution in [3.8, 4) is 0 Å². The SMILES string of the molecule is O=C(O)c1cn(C2CCC2)cn1. The van der Waals surface area contributed by atoms with E-state index in [0.717, 1.165) is 12.8 Å². The molecule has 0 unspecified atom stereocenters. The van der Waals surface area contributed by atoms with Crippen LogP contribution in [-0.4, -0.2) is 20.6 Å². The average molecular weight is 166 g/mol. The third kappa shape index (κ3) is 1.09. The number of carboxylic acids is 1. The molecule has 4 heteroatoms. The third-order valence-electron chi connectivity index (χ3n) is 2.32. The van der Waals surface area contributed by atoms with Crippen molar-refractivity contribution in [2.24, 2.45) is 0 Å². The number of hydrogen-bond acceptors (Lipinski definition) is 2. The number of carbonyl (C=O) groups is 1. The first-order chi connectivity index (χ1) is 5.77. The maximum absolute atomic E-state index is 10.5. The summed E-state index contributed by atoms with van der Waals surface area (Å²) in [6, 6.07) is 0.491. The lowest BCUT2D eigenvalue weighted by Gasteiger charge is -2.26. The predicted molar refractivity (Wildman–Crippen MR) is 42.1 cm³/mol. The van der Waals surface area contributed by atoms with Gasteiger partial charge in [-0.25, -0.2) is 9.78 Å². The summed E-state index contributed by atoms with van der Waals surface area (Å²) in [5, 5.41) is 8.59. The molecule has 0 amide bonds. The van der Waals surface area contributed by atoms with Gasteiger partial charge in [0, 0.05) is 12.2 Å². The van der Waals surface area contributed by atoms with Gasteiger partial charge in [0.1, 0.15) is 0 Å². The molecule has 1 N–H and O–H groups in total. The van der Waals surface area contributed by atoms with Crippen LogP contribution in [-0.2, 0) is 0 Å². The molecule has 1 fully saturated rings.